The number of rotatable bonds is 4. The Morgan fingerprint density at radius 1 is 1.12 bits per heavy atom. The van der Waals surface area contributed by atoms with Crippen molar-refractivity contribution in [2.75, 3.05) is 18.1 Å². The van der Waals surface area contributed by atoms with Gasteiger partial charge in [0.1, 0.15) is 12.7 Å². The Bertz CT molecular complexity index is 1010. The van der Waals surface area contributed by atoms with Gasteiger partial charge in [-0.25, -0.2) is 4.98 Å². The number of carbonyl (C=O) groups excluding carboxylic acids is 1. The third-order valence-electron chi connectivity index (χ3n) is 4.64. The van der Waals surface area contributed by atoms with E-state index in [9.17, 15) is 10.1 Å². The monoisotopic (exact) mass is 343 g/mol. The Balaban J connectivity index is 1.46. The second-order valence-corrected chi connectivity index (χ2v) is 6.26. The number of pyridine rings is 1. The minimum Gasteiger partial charge on any atom is -0.477 e. The molecule has 3 aromatic rings. The second kappa shape index (κ2) is 6.85. The van der Waals surface area contributed by atoms with E-state index in [1.807, 2.05) is 48.5 Å². The molecule has 1 unspecified atom stereocenters. The minimum atomic E-state index is -0.227. The van der Waals surface area contributed by atoms with Crippen LogP contribution in [0.15, 0.2) is 60.7 Å². The predicted octanol–water partition coefficient (Wildman–Crippen LogP) is 3.54. The van der Waals surface area contributed by atoms with Gasteiger partial charge in [-0.05, 0) is 30.7 Å². The van der Waals surface area contributed by atoms with Crippen LogP contribution in [0.1, 0.15) is 12.0 Å². The van der Waals surface area contributed by atoms with Crippen molar-refractivity contribution in [3.05, 3.63) is 66.2 Å². The molecule has 4 rings (SSSR count). The number of benzene rings is 2. The molecule has 5 nitrogen and oxygen atoms in total. The van der Waals surface area contributed by atoms with Crippen molar-refractivity contribution < 1.29 is 9.53 Å². The summed E-state index contributed by atoms with van der Waals surface area (Å²) in [4.78, 5) is 18.9. The summed E-state index contributed by atoms with van der Waals surface area (Å²) in [5, 5.41) is 10.3. The Morgan fingerprint density at radius 2 is 1.92 bits per heavy atom. The Labute approximate surface area is 151 Å². The van der Waals surface area contributed by atoms with Gasteiger partial charge in [0.05, 0.1) is 22.7 Å². The fourth-order valence-electron chi connectivity index (χ4n) is 3.25. The highest BCUT2D eigenvalue weighted by Gasteiger charge is 2.34. The highest BCUT2D eigenvalue weighted by atomic mass is 16.5. The maximum atomic E-state index is 12.7. The molecule has 128 valence electrons. The lowest BCUT2D eigenvalue weighted by atomic mass is 10.1. The van der Waals surface area contributed by atoms with Crippen molar-refractivity contribution in [1.29, 1.82) is 5.26 Å². The molecule has 1 aliphatic rings. The van der Waals surface area contributed by atoms with E-state index >= 15 is 0 Å². The molecule has 0 N–H and O–H groups in total. The van der Waals surface area contributed by atoms with Crippen LogP contribution in [-0.2, 0) is 4.79 Å². The fourth-order valence-corrected chi connectivity index (χ4v) is 3.25. The topological polar surface area (TPSA) is 66.2 Å². The fraction of sp³-hybridized carbons (Fsp3) is 0.190. The number of para-hydroxylation sites is 2. The summed E-state index contributed by atoms with van der Waals surface area (Å²) in [5.41, 5.74) is 2.05. The summed E-state index contributed by atoms with van der Waals surface area (Å²) < 4.78 is 5.79. The molecule has 1 amide bonds. The van der Waals surface area contributed by atoms with Crippen LogP contribution < -0.4 is 9.64 Å². The van der Waals surface area contributed by atoms with Gasteiger partial charge in [-0.2, -0.15) is 5.26 Å². The summed E-state index contributed by atoms with van der Waals surface area (Å²) in [5.74, 6) is 0.288. The van der Waals surface area contributed by atoms with Gasteiger partial charge in [0.25, 0.3) is 0 Å². The summed E-state index contributed by atoms with van der Waals surface area (Å²) in [6, 6.07) is 20.9. The Kier molecular flexibility index (Phi) is 4.24. The number of fused-ring (bicyclic) bond motifs is 1. The molecule has 0 radical (unpaired) electrons. The third-order valence-corrected chi connectivity index (χ3v) is 4.64. The number of nitriles is 1. The van der Waals surface area contributed by atoms with E-state index in [4.69, 9.17) is 4.74 Å². The van der Waals surface area contributed by atoms with Crippen molar-refractivity contribution in [3.63, 3.8) is 0 Å². The maximum Gasteiger partial charge on any atom is 0.233 e. The van der Waals surface area contributed by atoms with Gasteiger partial charge in [0, 0.05) is 18.0 Å². The average Bonchev–Trinajstić information content (AvgIpc) is 3.06. The summed E-state index contributed by atoms with van der Waals surface area (Å²) >= 11 is 0. The molecule has 2 aromatic carbocycles. The number of amides is 1. The zero-order valence-corrected chi connectivity index (χ0v) is 14.1. The normalized spacial score (nSPS) is 16.7. The molecule has 0 spiro atoms. The van der Waals surface area contributed by atoms with Crippen LogP contribution in [0.4, 0.5) is 5.69 Å². The van der Waals surface area contributed by atoms with Crippen LogP contribution in [0.2, 0.25) is 0 Å². The SMILES string of the molecule is N#Cc1ccccc1N1CCC(COc2ccc3ccccc3n2)C1=O. The van der Waals surface area contributed by atoms with Crippen LogP contribution in [0, 0.1) is 17.2 Å². The molecule has 1 fully saturated rings. The molecule has 0 aliphatic carbocycles. The zero-order valence-electron chi connectivity index (χ0n) is 14.1. The lowest BCUT2D eigenvalue weighted by molar-refractivity contribution is -0.121. The Morgan fingerprint density at radius 3 is 2.81 bits per heavy atom. The lowest BCUT2D eigenvalue weighted by Gasteiger charge is -2.18. The van der Waals surface area contributed by atoms with Gasteiger partial charge in [-0.15, -0.1) is 0 Å². The van der Waals surface area contributed by atoms with Gasteiger partial charge >= 0.3 is 0 Å². The van der Waals surface area contributed by atoms with Gasteiger partial charge in [-0.3, -0.25) is 4.79 Å². The number of aromatic nitrogens is 1. The van der Waals surface area contributed by atoms with Crippen molar-refractivity contribution in [2.45, 2.75) is 6.42 Å². The van der Waals surface area contributed by atoms with E-state index in [-0.39, 0.29) is 18.4 Å². The first-order chi connectivity index (χ1) is 12.8. The maximum absolute atomic E-state index is 12.7. The number of nitrogens with zero attached hydrogens (tertiary/aromatic N) is 3. The summed E-state index contributed by atoms with van der Waals surface area (Å²) in [6.45, 7) is 0.881. The van der Waals surface area contributed by atoms with Crippen molar-refractivity contribution >= 4 is 22.5 Å². The molecule has 2 heterocycles. The summed E-state index contributed by atoms with van der Waals surface area (Å²) in [7, 11) is 0. The van der Waals surface area contributed by atoms with Crippen LogP contribution in [-0.4, -0.2) is 24.0 Å². The van der Waals surface area contributed by atoms with Gasteiger partial charge < -0.3 is 9.64 Å². The van der Waals surface area contributed by atoms with E-state index < -0.39 is 0 Å². The molecule has 1 aromatic heterocycles. The van der Waals surface area contributed by atoms with E-state index in [0.717, 1.165) is 10.9 Å². The first kappa shape index (κ1) is 16.1. The summed E-state index contributed by atoms with van der Waals surface area (Å²) in [6.07, 6.45) is 0.701. The average molecular weight is 343 g/mol. The molecule has 0 saturated carbocycles. The van der Waals surface area contributed by atoms with E-state index in [2.05, 4.69) is 11.1 Å². The van der Waals surface area contributed by atoms with Crippen LogP contribution in [0.3, 0.4) is 0 Å². The molecular weight excluding hydrogens is 326 g/mol. The lowest BCUT2D eigenvalue weighted by Crippen LogP contribution is -2.29. The van der Waals surface area contributed by atoms with E-state index in [1.165, 1.54) is 0 Å². The number of ether oxygens (including phenoxy) is 1. The van der Waals surface area contributed by atoms with Gasteiger partial charge in [0.15, 0.2) is 0 Å². The highest BCUT2D eigenvalue weighted by molar-refractivity contribution is 5.98. The van der Waals surface area contributed by atoms with Crippen molar-refractivity contribution in [3.8, 4) is 11.9 Å². The quantitative estimate of drug-likeness (QED) is 0.727. The molecule has 0 bridgehead atoms. The molecule has 26 heavy (non-hydrogen) atoms. The molecule has 5 heteroatoms. The standard InChI is InChI=1S/C21H17N3O2/c22-13-16-6-2-4-8-19(16)24-12-11-17(21(24)25)14-26-20-10-9-15-5-1-3-7-18(15)23-20/h1-10,17H,11-12,14H2. The smallest absolute Gasteiger partial charge is 0.233 e. The Hall–Kier alpha value is -3.39. The number of carbonyl (C=O) groups is 1. The highest BCUT2D eigenvalue weighted by Crippen LogP contribution is 2.28. The molecule has 1 atom stereocenters. The van der Waals surface area contributed by atoms with Crippen molar-refractivity contribution in [2.24, 2.45) is 5.92 Å². The second-order valence-electron chi connectivity index (χ2n) is 6.26. The van der Waals surface area contributed by atoms with Crippen LogP contribution >= 0.6 is 0 Å². The first-order valence-corrected chi connectivity index (χ1v) is 8.55. The number of hydrogen-bond acceptors (Lipinski definition) is 4. The molecule has 1 aliphatic heterocycles. The van der Waals surface area contributed by atoms with Gasteiger partial charge in [-0.1, -0.05) is 30.3 Å². The predicted molar refractivity (Wildman–Crippen MR) is 98.9 cm³/mol. The van der Waals surface area contributed by atoms with Gasteiger partial charge in [0.2, 0.25) is 11.8 Å². The molecule has 1 saturated heterocycles. The molecular formula is C21H17N3O2. The number of hydrogen-bond donors (Lipinski definition) is 0. The van der Waals surface area contributed by atoms with Crippen LogP contribution in [0.5, 0.6) is 5.88 Å². The largest absolute Gasteiger partial charge is 0.477 e. The van der Waals surface area contributed by atoms with E-state index in [1.54, 1.807) is 17.0 Å². The van der Waals surface area contributed by atoms with Crippen LogP contribution in [0.25, 0.3) is 10.9 Å². The van der Waals surface area contributed by atoms with E-state index in [0.29, 0.717) is 30.1 Å². The number of anilines is 1. The third kappa shape index (κ3) is 2.98. The minimum absolute atomic E-state index is 0.00603. The van der Waals surface area contributed by atoms with Crippen molar-refractivity contribution in [1.82, 2.24) is 4.98 Å². The first-order valence-electron chi connectivity index (χ1n) is 8.55. The zero-order chi connectivity index (χ0) is 17.9.